The van der Waals surface area contributed by atoms with Crippen LogP contribution < -0.4 is 10.1 Å². The number of imidazole rings is 1. The molecule has 0 spiro atoms. The van der Waals surface area contributed by atoms with E-state index in [0.29, 0.717) is 37.8 Å². The maximum absolute atomic E-state index is 13.7. The highest BCUT2D eigenvalue weighted by Crippen LogP contribution is 2.36. The van der Waals surface area contributed by atoms with Crippen molar-refractivity contribution in [3.8, 4) is 5.75 Å². The van der Waals surface area contributed by atoms with Crippen LogP contribution >= 0.6 is 11.3 Å². The molecule has 2 aromatic heterocycles. The fraction of sp³-hybridized carbons (Fsp3) is 0.263. The lowest BCUT2D eigenvalue weighted by Gasteiger charge is -2.14. The number of anilines is 2. The number of hydrogen-bond donors (Lipinski definition) is 1. The van der Waals surface area contributed by atoms with Gasteiger partial charge in [-0.2, -0.15) is 13.2 Å². The fourth-order valence-corrected chi connectivity index (χ4v) is 3.87. The molecule has 4 rings (SSSR count). The van der Waals surface area contributed by atoms with Gasteiger partial charge in [-0.1, -0.05) is 11.3 Å². The number of rotatable bonds is 5. The number of aromatic nitrogens is 3. The van der Waals surface area contributed by atoms with Crippen LogP contribution in [0.5, 0.6) is 5.75 Å². The zero-order valence-corrected chi connectivity index (χ0v) is 16.2. The van der Waals surface area contributed by atoms with Crippen molar-refractivity contribution in [1.29, 1.82) is 0 Å². The van der Waals surface area contributed by atoms with Crippen molar-refractivity contribution in [2.45, 2.75) is 32.7 Å². The molecule has 0 amide bonds. The van der Waals surface area contributed by atoms with E-state index in [0.717, 1.165) is 10.9 Å². The Balaban J connectivity index is 1.76. The van der Waals surface area contributed by atoms with Crippen LogP contribution in [0.3, 0.4) is 0 Å². The molecule has 0 saturated heterocycles. The molecule has 0 bridgehead atoms. The van der Waals surface area contributed by atoms with E-state index in [1.54, 1.807) is 12.1 Å². The summed E-state index contributed by atoms with van der Waals surface area (Å²) in [6.45, 7) is 2.55. The van der Waals surface area contributed by atoms with Crippen molar-refractivity contribution in [2.75, 3.05) is 5.32 Å². The standard InChI is InChI=1S/C19H16F4N4OS/c1-10(2)28-14-5-3-11(20)7-13(14)25-18-26-16-15(29-18)6-4-12-17(16)27(9-24-12)8-19(21,22)23/h3-7,9-10H,8H2,1-2H3,(H,25,26). The van der Waals surface area contributed by atoms with Crippen LogP contribution in [-0.4, -0.2) is 26.8 Å². The number of nitrogens with zero attached hydrogens (tertiary/aromatic N) is 3. The number of hydrogen-bond acceptors (Lipinski definition) is 5. The average molecular weight is 424 g/mol. The highest BCUT2D eigenvalue weighted by molar-refractivity contribution is 7.22. The molecule has 0 atom stereocenters. The Hall–Kier alpha value is -2.88. The lowest BCUT2D eigenvalue weighted by Crippen LogP contribution is -2.16. The van der Waals surface area contributed by atoms with E-state index < -0.39 is 18.5 Å². The van der Waals surface area contributed by atoms with Gasteiger partial charge in [-0.3, -0.25) is 0 Å². The number of fused-ring (bicyclic) bond motifs is 3. The predicted octanol–water partition coefficient (Wildman–Crippen LogP) is 5.88. The molecule has 1 N–H and O–H groups in total. The minimum atomic E-state index is -4.38. The van der Waals surface area contributed by atoms with Gasteiger partial charge < -0.3 is 14.6 Å². The van der Waals surface area contributed by atoms with Crippen LogP contribution in [-0.2, 0) is 6.54 Å². The lowest BCUT2D eigenvalue weighted by molar-refractivity contribution is -0.139. The molecule has 0 aliphatic carbocycles. The molecule has 2 heterocycles. The molecule has 0 radical (unpaired) electrons. The molecule has 4 aromatic rings. The largest absolute Gasteiger partial charge is 0.489 e. The summed E-state index contributed by atoms with van der Waals surface area (Å²) in [6, 6.07) is 7.50. The zero-order chi connectivity index (χ0) is 20.8. The van der Waals surface area contributed by atoms with Crippen molar-refractivity contribution >= 4 is 43.4 Å². The highest BCUT2D eigenvalue weighted by atomic mass is 32.1. The summed E-state index contributed by atoms with van der Waals surface area (Å²) in [7, 11) is 0. The molecule has 0 saturated carbocycles. The molecule has 152 valence electrons. The van der Waals surface area contributed by atoms with Crippen LogP contribution in [0.15, 0.2) is 36.7 Å². The van der Waals surface area contributed by atoms with Crippen molar-refractivity contribution in [3.63, 3.8) is 0 Å². The van der Waals surface area contributed by atoms with Gasteiger partial charge in [0.05, 0.1) is 33.9 Å². The minimum absolute atomic E-state index is 0.118. The zero-order valence-electron chi connectivity index (χ0n) is 15.4. The molecular formula is C19H16F4N4OS. The van der Waals surface area contributed by atoms with E-state index in [1.807, 2.05) is 13.8 Å². The molecule has 2 aromatic carbocycles. The smallest absolute Gasteiger partial charge is 0.406 e. The molecular weight excluding hydrogens is 408 g/mol. The normalized spacial score (nSPS) is 12.2. The first kappa shape index (κ1) is 19.4. The fourth-order valence-electron chi connectivity index (χ4n) is 2.98. The third-order valence-corrected chi connectivity index (χ3v) is 4.97. The predicted molar refractivity (Wildman–Crippen MR) is 104 cm³/mol. The quantitative estimate of drug-likeness (QED) is 0.407. The summed E-state index contributed by atoms with van der Waals surface area (Å²) < 4.78 is 59.8. The monoisotopic (exact) mass is 424 g/mol. The third-order valence-electron chi connectivity index (χ3n) is 4.03. The molecule has 29 heavy (non-hydrogen) atoms. The van der Waals surface area contributed by atoms with Gasteiger partial charge in [-0.05, 0) is 38.1 Å². The van der Waals surface area contributed by atoms with Crippen LogP contribution in [0, 0.1) is 5.82 Å². The van der Waals surface area contributed by atoms with E-state index in [9.17, 15) is 17.6 Å². The Morgan fingerprint density at radius 2 is 2.00 bits per heavy atom. The van der Waals surface area contributed by atoms with E-state index in [2.05, 4.69) is 15.3 Å². The molecule has 0 aliphatic rings. The van der Waals surface area contributed by atoms with Gasteiger partial charge in [-0.25, -0.2) is 14.4 Å². The third kappa shape index (κ3) is 4.12. The summed E-state index contributed by atoms with van der Waals surface area (Å²) in [5.74, 6) is 0.00303. The first-order valence-electron chi connectivity index (χ1n) is 8.74. The molecule has 5 nitrogen and oxygen atoms in total. The van der Waals surface area contributed by atoms with Gasteiger partial charge in [0.1, 0.15) is 23.6 Å². The van der Waals surface area contributed by atoms with Gasteiger partial charge in [0.15, 0.2) is 5.13 Å². The first-order chi connectivity index (χ1) is 13.7. The van der Waals surface area contributed by atoms with Crippen LogP contribution in [0.4, 0.5) is 28.4 Å². The number of benzene rings is 2. The summed E-state index contributed by atoms with van der Waals surface area (Å²) >= 11 is 1.25. The highest BCUT2D eigenvalue weighted by Gasteiger charge is 2.29. The number of ether oxygens (including phenoxy) is 1. The van der Waals surface area contributed by atoms with E-state index in [-0.39, 0.29) is 6.10 Å². The number of nitrogens with one attached hydrogen (secondary N) is 1. The van der Waals surface area contributed by atoms with Crippen molar-refractivity contribution in [2.24, 2.45) is 0 Å². The van der Waals surface area contributed by atoms with E-state index in [4.69, 9.17) is 4.74 Å². The summed E-state index contributed by atoms with van der Waals surface area (Å²) in [4.78, 5) is 8.49. The van der Waals surface area contributed by atoms with Crippen molar-refractivity contribution < 1.29 is 22.3 Å². The van der Waals surface area contributed by atoms with Gasteiger partial charge in [0, 0.05) is 6.07 Å². The minimum Gasteiger partial charge on any atom is -0.489 e. The molecule has 0 fully saturated rings. The maximum Gasteiger partial charge on any atom is 0.406 e. The SMILES string of the molecule is CC(C)Oc1ccc(F)cc1Nc1nc2c(ccc3ncn(CC(F)(F)F)c32)s1. The Bertz CT molecular complexity index is 1180. The topological polar surface area (TPSA) is 52.0 Å². The van der Waals surface area contributed by atoms with E-state index >= 15 is 0 Å². The molecule has 0 unspecified atom stereocenters. The Labute approximate surface area is 167 Å². The second kappa shape index (κ2) is 7.18. The maximum atomic E-state index is 13.7. The van der Waals surface area contributed by atoms with Crippen LogP contribution in [0.1, 0.15) is 13.8 Å². The lowest BCUT2D eigenvalue weighted by atomic mass is 10.2. The van der Waals surface area contributed by atoms with Gasteiger partial charge in [0.25, 0.3) is 0 Å². The number of alkyl halides is 3. The van der Waals surface area contributed by atoms with Gasteiger partial charge in [0.2, 0.25) is 0 Å². The van der Waals surface area contributed by atoms with Crippen LogP contribution in [0.2, 0.25) is 0 Å². The van der Waals surface area contributed by atoms with E-state index in [1.165, 1.54) is 29.5 Å². The Kier molecular flexibility index (Phi) is 4.81. The van der Waals surface area contributed by atoms with Crippen molar-refractivity contribution in [3.05, 3.63) is 42.5 Å². The second-order valence-electron chi connectivity index (χ2n) is 6.72. The number of thiazole rings is 1. The summed E-state index contributed by atoms with van der Waals surface area (Å²) in [5.41, 5.74) is 1.52. The van der Waals surface area contributed by atoms with Gasteiger partial charge in [-0.15, -0.1) is 0 Å². The molecule has 10 heteroatoms. The average Bonchev–Trinajstić information content (AvgIpc) is 3.19. The van der Waals surface area contributed by atoms with Crippen molar-refractivity contribution in [1.82, 2.24) is 14.5 Å². The number of halogens is 4. The Morgan fingerprint density at radius 3 is 2.72 bits per heavy atom. The summed E-state index contributed by atoms with van der Waals surface area (Å²) in [5, 5.41) is 3.43. The summed E-state index contributed by atoms with van der Waals surface area (Å²) in [6.07, 6.45) is -3.34. The molecule has 0 aliphatic heterocycles. The van der Waals surface area contributed by atoms with Crippen LogP contribution in [0.25, 0.3) is 21.3 Å². The second-order valence-corrected chi connectivity index (χ2v) is 7.75. The Morgan fingerprint density at radius 1 is 1.21 bits per heavy atom. The van der Waals surface area contributed by atoms with Gasteiger partial charge >= 0.3 is 6.18 Å². The first-order valence-corrected chi connectivity index (χ1v) is 9.55.